The van der Waals surface area contributed by atoms with Crippen molar-refractivity contribution in [3.63, 3.8) is 0 Å². The van der Waals surface area contributed by atoms with E-state index in [0.29, 0.717) is 6.42 Å². The van der Waals surface area contributed by atoms with Crippen molar-refractivity contribution in [1.29, 1.82) is 0 Å². The summed E-state index contributed by atoms with van der Waals surface area (Å²) in [5.41, 5.74) is 1.00. The smallest absolute Gasteiger partial charge is 0.193 e. The van der Waals surface area contributed by atoms with Gasteiger partial charge in [-0.25, -0.2) is 4.98 Å². The molecule has 0 amide bonds. The molecule has 2 heterocycles. The van der Waals surface area contributed by atoms with Crippen LogP contribution in [-0.4, -0.2) is 20.6 Å². The topological polar surface area (TPSA) is 37.5 Å². The molecular formula is C15H24N2OS. The molecule has 4 heteroatoms. The third-order valence-electron chi connectivity index (χ3n) is 3.48. The first-order valence-corrected chi connectivity index (χ1v) is 8.26. The van der Waals surface area contributed by atoms with Gasteiger partial charge in [-0.3, -0.25) is 4.40 Å². The maximum Gasteiger partial charge on any atom is 0.193 e. The van der Waals surface area contributed by atoms with Gasteiger partial charge < -0.3 is 5.11 Å². The van der Waals surface area contributed by atoms with Crippen LogP contribution in [0.5, 0.6) is 0 Å². The Labute approximate surface area is 119 Å². The third kappa shape index (κ3) is 4.62. The number of aromatic nitrogens is 2. The number of hydrogen-bond acceptors (Lipinski definition) is 3. The number of rotatable bonds is 9. The molecule has 0 spiro atoms. The highest BCUT2D eigenvalue weighted by Gasteiger charge is 2.09. The van der Waals surface area contributed by atoms with Gasteiger partial charge in [-0.2, -0.15) is 0 Å². The Hall–Kier alpha value is -0.870. The normalized spacial score (nSPS) is 13.2. The third-order valence-corrected chi connectivity index (χ3v) is 4.25. The molecule has 0 aliphatic carbocycles. The number of thiazole rings is 1. The fraction of sp³-hybridized carbons (Fsp3) is 0.667. The first-order valence-electron chi connectivity index (χ1n) is 7.38. The molecule has 0 radical (unpaired) electrons. The predicted molar refractivity (Wildman–Crippen MR) is 80.8 cm³/mol. The maximum atomic E-state index is 10.0. The summed E-state index contributed by atoms with van der Waals surface area (Å²) in [5.74, 6) is 0. The van der Waals surface area contributed by atoms with Gasteiger partial charge in [0.2, 0.25) is 0 Å². The largest absolute Gasteiger partial charge is 0.393 e. The molecule has 0 saturated carbocycles. The Balaban J connectivity index is 1.64. The first-order chi connectivity index (χ1) is 9.29. The molecule has 2 aromatic rings. The monoisotopic (exact) mass is 280 g/mol. The lowest BCUT2D eigenvalue weighted by Gasteiger charge is -2.08. The van der Waals surface area contributed by atoms with E-state index < -0.39 is 0 Å². The summed E-state index contributed by atoms with van der Waals surface area (Å²) in [6.45, 7) is 2.24. The summed E-state index contributed by atoms with van der Waals surface area (Å²) in [6.07, 6.45) is 13.0. The summed E-state index contributed by atoms with van der Waals surface area (Å²) in [5, 5.41) is 12.0. The van der Waals surface area contributed by atoms with Crippen LogP contribution in [0.3, 0.4) is 0 Å². The molecule has 0 aromatic carbocycles. The summed E-state index contributed by atoms with van der Waals surface area (Å²) >= 11 is 1.63. The Morgan fingerprint density at radius 2 is 2.05 bits per heavy atom. The molecule has 0 fully saturated rings. The molecule has 0 bridgehead atoms. The highest BCUT2D eigenvalue weighted by Crippen LogP contribution is 2.15. The van der Waals surface area contributed by atoms with E-state index in [1.54, 1.807) is 11.3 Å². The summed E-state index contributed by atoms with van der Waals surface area (Å²) in [7, 11) is 0. The van der Waals surface area contributed by atoms with Crippen molar-refractivity contribution in [2.75, 3.05) is 0 Å². The molecule has 19 heavy (non-hydrogen) atoms. The number of unbranched alkanes of at least 4 members (excludes halogenated alkanes) is 5. The molecule has 0 aliphatic rings. The molecule has 3 nitrogen and oxygen atoms in total. The summed E-state index contributed by atoms with van der Waals surface area (Å²) < 4.78 is 2.03. The molecule has 1 N–H and O–H groups in total. The molecule has 1 atom stereocenters. The van der Waals surface area contributed by atoms with E-state index in [2.05, 4.69) is 11.9 Å². The van der Waals surface area contributed by atoms with Gasteiger partial charge in [0.1, 0.15) is 0 Å². The van der Waals surface area contributed by atoms with Crippen LogP contribution in [0, 0.1) is 0 Å². The maximum absolute atomic E-state index is 10.0. The Kier molecular flexibility index (Phi) is 5.86. The minimum absolute atomic E-state index is 0.240. The quantitative estimate of drug-likeness (QED) is 0.704. The fourth-order valence-corrected chi connectivity index (χ4v) is 3.10. The lowest BCUT2D eigenvalue weighted by Crippen LogP contribution is -2.10. The van der Waals surface area contributed by atoms with Crippen LogP contribution in [-0.2, 0) is 6.42 Å². The minimum Gasteiger partial charge on any atom is -0.393 e. The van der Waals surface area contributed by atoms with E-state index >= 15 is 0 Å². The van der Waals surface area contributed by atoms with Gasteiger partial charge in [-0.1, -0.05) is 45.4 Å². The zero-order valence-corrected chi connectivity index (χ0v) is 12.5. The SMILES string of the molecule is CCCCCCCCC(O)Cc1cn2ccsc2n1. The van der Waals surface area contributed by atoms with Gasteiger partial charge in [-0.15, -0.1) is 11.3 Å². The van der Waals surface area contributed by atoms with Crippen LogP contribution in [0.2, 0.25) is 0 Å². The lowest BCUT2D eigenvalue weighted by atomic mass is 10.0. The van der Waals surface area contributed by atoms with Crippen molar-refractivity contribution in [3.8, 4) is 0 Å². The number of imidazole rings is 1. The molecule has 2 rings (SSSR count). The fourth-order valence-electron chi connectivity index (χ4n) is 2.38. The second kappa shape index (κ2) is 7.65. The molecule has 0 aliphatic heterocycles. The first kappa shape index (κ1) is 14.5. The highest BCUT2D eigenvalue weighted by molar-refractivity contribution is 7.15. The van der Waals surface area contributed by atoms with Gasteiger partial charge >= 0.3 is 0 Å². The van der Waals surface area contributed by atoms with E-state index in [0.717, 1.165) is 23.5 Å². The van der Waals surface area contributed by atoms with Crippen molar-refractivity contribution in [2.45, 2.75) is 64.4 Å². The number of aliphatic hydroxyl groups excluding tert-OH is 1. The van der Waals surface area contributed by atoms with E-state index in [1.165, 1.54) is 32.1 Å². The van der Waals surface area contributed by atoms with Crippen LogP contribution in [0.4, 0.5) is 0 Å². The predicted octanol–water partition coefficient (Wildman–Crippen LogP) is 4.05. The summed E-state index contributed by atoms with van der Waals surface area (Å²) in [6, 6.07) is 0. The van der Waals surface area contributed by atoms with Crippen molar-refractivity contribution >= 4 is 16.3 Å². The van der Waals surface area contributed by atoms with Gasteiger partial charge in [0.25, 0.3) is 0 Å². The molecule has 0 saturated heterocycles. The van der Waals surface area contributed by atoms with Crippen molar-refractivity contribution < 1.29 is 5.11 Å². The van der Waals surface area contributed by atoms with Crippen molar-refractivity contribution in [1.82, 2.24) is 9.38 Å². The van der Waals surface area contributed by atoms with Gasteiger partial charge in [-0.05, 0) is 6.42 Å². The number of nitrogens with zero attached hydrogens (tertiary/aromatic N) is 2. The average molecular weight is 280 g/mol. The average Bonchev–Trinajstić information content (AvgIpc) is 2.94. The lowest BCUT2D eigenvalue weighted by molar-refractivity contribution is 0.160. The van der Waals surface area contributed by atoms with Crippen LogP contribution in [0.1, 0.15) is 57.6 Å². The Bertz CT molecular complexity index is 449. The highest BCUT2D eigenvalue weighted by atomic mass is 32.1. The summed E-state index contributed by atoms with van der Waals surface area (Å²) in [4.78, 5) is 5.52. The van der Waals surface area contributed by atoms with Gasteiger partial charge in [0.15, 0.2) is 4.96 Å². The van der Waals surface area contributed by atoms with E-state index in [4.69, 9.17) is 0 Å². The van der Waals surface area contributed by atoms with Gasteiger partial charge in [0, 0.05) is 24.2 Å². The number of hydrogen-bond donors (Lipinski definition) is 1. The Morgan fingerprint density at radius 1 is 1.26 bits per heavy atom. The van der Waals surface area contributed by atoms with Crippen LogP contribution < -0.4 is 0 Å². The van der Waals surface area contributed by atoms with E-state index in [1.807, 2.05) is 22.2 Å². The van der Waals surface area contributed by atoms with Crippen molar-refractivity contribution in [2.24, 2.45) is 0 Å². The van der Waals surface area contributed by atoms with E-state index in [9.17, 15) is 5.11 Å². The molecular weight excluding hydrogens is 256 g/mol. The number of fused-ring (bicyclic) bond motifs is 1. The van der Waals surface area contributed by atoms with Gasteiger partial charge in [0.05, 0.1) is 11.8 Å². The number of aliphatic hydroxyl groups is 1. The second-order valence-corrected chi connectivity index (χ2v) is 6.11. The van der Waals surface area contributed by atoms with E-state index in [-0.39, 0.29) is 6.10 Å². The standard InChI is InChI=1S/C15H24N2OS/c1-2-3-4-5-6-7-8-14(18)11-13-12-17-9-10-19-15(17)16-13/h9-10,12,14,18H,2-8,11H2,1H3. The van der Waals surface area contributed by atoms with Crippen LogP contribution in [0.15, 0.2) is 17.8 Å². The molecule has 106 valence electrons. The Morgan fingerprint density at radius 3 is 2.84 bits per heavy atom. The second-order valence-electron chi connectivity index (χ2n) is 5.24. The molecule has 1 unspecified atom stereocenters. The zero-order chi connectivity index (χ0) is 13.5. The van der Waals surface area contributed by atoms with Crippen LogP contribution in [0.25, 0.3) is 4.96 Å². The van der Waals surface area contributed by atoms with Crippen molar-refractivity contribution in [3.05, 3.63) is 23.5 Å². The van der Waals surface area contributed by atoms with Crippen LogP contribution >= 0.6 is 11.3 Å². The molecule has 2 aromatic heterocycles. The minimum atomic E-state index is -0.240. The zero-order valence-electron chi connectivity index (χ0n) is 11.7.